The number of carbonyl (C=O) groups excluding carboxylic acids is 1. The second-order valence-electron chi connectivity index (χ2n) is 5.76. The molecule has 0 radical (unpaired) electrons. The van der Waals surface area contributed by atoms with Crippen LogP contribution in [0.3, 0.4) is 0 Å². The summed E-state index contributed by atoms with van der Waals surface area (Å²) in [5.74, 6) is 2.07. The van der Waals surface area contributed by atoms with Crippen molar-refractivity contribution in [1.82, 2.24) is 10.1 Å². The molecule has 0 saturated heterocycles. The first kappa shape index (κ1) is 15.9. The Bertz CT molecular complexity index is 805. The summed E-state index contributed by atoms with van der Waals surface area (Å²) in [6.07, 6.45) is 0.790. The Hall–Kier alpha value is -2.95. The van der Waals surface area contributed by atoms with E-state index in [1.54, 1.807) is 24.3 Å². The van der Waals surface area contributed by atoms with Crippen LogP contribution in [0.25, 0.3) is 11.4 Å². The van der Waals surface area contributed by atoms with Crippen molar-refractivity contribution in [2.75, 3.05) is 0 Å². The average Bonchev–Trinajstić information content (AvgIpc) is 3.09. The van der Waals surface area contributed by atoms with Gasteiger partial charge in [0.1, 0.15) is 12.0 Å². The van der Waals surface area contributed by atoms with Crippen LogP contribution >= 0.6 is 0 Å². The second kappa shape index (κ2) is 7.08. The average molecular weight is 322 g/mol. The van der Waals surface area contributed by atoms with Crippen molar-refractivity contribution < 1.29 is 14.1 Å². The third kappa shape index (κ3) is 3.68. The maximum Gasteiger partial charge on any atom is 0.264 e. The maximum atomic E-state index is 10.6. The van der Waals surface area contributed by atoms with E-state index in [9.17, 15) is 4.79 Å². The highest BCUT2D eigenvalue weighted by Gasteiger charge is 2.10. The molecule has 0 atom stereocenters. The summed E-state index contributed by atoms with van der Waals surface area (Å²) >= 11 is 0. The molecule has 0 aliphatic heterocycles. The van der Waals surface area contributed by atoms with Crippen LogP contribution in [0.4, 0.5) is 0 Å². The number of rotatable bonds is 6. The van der Waals surface area contributed by atoms with Crippen molar-refractivity contribution in [1.29, 1.82) is 0 Å². The number of hydrogen-bond acceptors (Lipinski definition) is 5. The Morgan fingerprint density at radius 2 is 1.79 bits per heavy atom. The maximum absolute atomic E-state index is 10.6. The number of aldehydes is 1. The summed E-state index contributed by atoms with van der Waals surface area (Å²) < 4.78 is 10.8. The molecular formula is C19H18N2O3. The SMILES string of the molecule is CC(C)c1ccc(-c2noc(COc3ccc(C=O)cc3)n2)cc1. The highest BCUT2D eigenvalue weighted by molar-refractivity contribution is 5.74. The van der Waals surface area contributed by atoms with E-state index in [4.69, 9.17) is 9.26 Å². The van der Waals surface area contributed by atoms with Crippen LogP contribution in [-0.4, -0.2) is 16.4 Å². The lowest BCUT2D eigenvalue weighted by Gasteiger charge is -2.04. The summed E-state index contributed by atoms with van der Waals surface area (Å²) in [7, 11) is 0. The van der Waals surface area contributed by atoms with Crippen molar-refractivity contribution >= 4 is 6.29 Å². The molecule has 5 nitrogen and oxygen atoms in total. The third-order valence-electron chi connectivity index (χ3n) is 3.68. The molecule has 0 spiro atoms. The molecule has 0 N–H and O–H groups in total. The lowest BCUT2D eigenvalue weighted by Crippen LogP contribution is -1.96. The van der Waals surface area contributed by atoms with Crippen molar-refractivity contribution in [3.8, 4) is 17.1 Å². The quantitative estimate of drug-likeness (QED) is 0.635. The number of hydrogen-bond donors (Lipinski definition) is 0. The van der Waals surface area contributed by atoms with Gasteiger partial charge in [0, 0.05) is 11.1 Å². The van der Waals surface area contributed by atoms with Crippen molar-refractivity contribution in [3.63, 3.8) is 0 Å². The first-order valence-corrected chi connectivity index (χ1v) is 7.76. The normalized spacial score (nSPS) is 10.8. The van der Waals surface area contributed by atoms with Gasteiger partial charge in [-0.25, -0.2) is 0 Å². The van der Waals surface area contributed by atoms with E-state index in [1.165, 1.54) is 5.56 Å². The number of nitrogens with zero attached hydrogens (tertiary/aromatic N) is 2. The van der Waals surface area contributed by atoms with Gasteiger partial charge in [-0.1, -0.05) is 43.3 Å². The molecule has 1 heterocycles. The summed E-state index contributed by atoms with van der Waals surface area (Å²) in [4.78, 5) is 15.0. The standard InChI is InChI=1S/C19H18N2O3/c1-13(2)15-5-7-16(8-6-15)19-20-18(24-21-19)12-23-17-9-3-14(11-22)4-10-17/h3-11,13H,12H2,1-2H3. The van der Waals surface area contributed by atoms with E-state index < -0.39 is 0 Å². The largest absolute Gasteiger partial charge is 0.484 e. The summed E-state index contributed by atoms with van der Waals surface area (Å²) in [5, 5.41) is 3.99. The van der Waals surface area contributed by atoms with Crippen LogP contribution < -0.4 is 4.74 Å². The van der Waals surface area contributed by atoms with Gasteiger partial charge in [-0.15, -0.1) is 0 Å². The van der Waals surface area contributed by atoms with Gasteiger partial charge in [-0.05, 0) is 35.7 Å². The van der Waals surface area contributed by atoms with Crippen LogP contribution in [0.15, 0.2) is 53.1 Å². The van der Waals surface area contributed by atoms with E-state index in [1.807, 2.05) is 12.1 Å². The molecule has 0 unspecified atom stereocenters. The van der Waals surface area contributed by atoms with Gasteiger partial charge < -0.3 is 9.26 Å². The Balaban J connectivity index is 1.65. The number of carbonyl (C=O) groups is 1. The fraction of sp³-hybridized carbons (Fsp3) is 0.211. The Kier molecular flexibility index (Phi) is 4.70. The Morgan fingerprint density at radius 3 is 2.42 bits per heavy atom. The molecule has 3 aromatic rings. The number of ether oxygens (including phenoxy) is 1. The molecule has 0 saturated carbocycles. The summed E-state index contributed by atoms with van der Waals surface area (Å²) in [6.45, 7) is 4.48. The molecule has 1 aromatic heterocycles. The molecular weight excluding hydrogens is 304 g/mol. The van der Waals surface area contributed by atoms with Gasteiger partial charge in [-0.2, -0.15) is 4.98 Å². The molecule has 24 heavy (non-hydrogen) atoms. The lowest BCUT2D eigenvalue weighted by atomic mass is 10.0. The van der Waals surface area contributed by atoms with E-state index in [2.05, 4.69) is 36.1 Å². The Morgan fingerprint density at radius 1 is 1.08 bits per heavy atom. The monoisotopic (exact) mass is 322 g/mol. The second-order valence-corrected chi connectivity index (χ2v) is 5.76. The van der Waals surface area contributed by atoms with E-state index in [0.29, 0.717) is 28.9 Å². The van der Waals surface area contributed by atoms with Gasteiger partial charge in [0.05, 0.1) is 0 Å². The Labute approximate surface area is 140 Å². The minimum absolute atomic E-state index is 0.178. The smallest absolute Gasteiger partial charge is 0.264 e. The number of benzene rings is 2. The zero-order valence-corrected chi connectivity index (χ0v) is 13.6. The lowest BCUT2D eigenvalue weighted by molar-refractivity contribution is 0.112. The van der Waals surface area contributed by atoms with Gasteiger partial charge in [0.25, 0.3) is 5.89 Å². The van der Waals surface area contributed by atoms with E-state index in [-0.39, 0.29) is 6.61 Å². The first-order valence-electron chi connectivity index (χ1n) is 7.76. The van der Waals surface area contributed by atoms with Gasteiger partial charge in [-0.3, -0.25) is 4.79 Å². The minimum Gasteiger partial charge on any atom is -0.484 e. The van der Waals surface area contributed by atoms with E-state index in [0.717, 1.165) is 11.8 Å². The van der Waals surface area contributed by atoms with Gasteiger partial charge >= 0.3 is 0 Å². The molecule has 0 aliphatic rings. The van der Waals surface area contributed by atoms with Crippen LogP contribution in [0.2, 0.25) is 0 Å². The molecule has 0 bridgehead atoms. The van der Waals surface area contributed by atoms with Gasteiger partial charge in [0.2, 0.25) is 5.82 Å². The molecule has 0 aliphatic carbocycles. The van der Waals surface area contributed by atoms with Crippen LogP contribution in [-0.2, 0) is 6.61 Å². The van der Waals surface area contributed by atoms with Crippen LogP contribution in [0, 0.1) is 0 Å². The molecule has 5 heteroatoms. The zero-order chi connectivity index (χ0) is 16.9. The molecule has 3 rings (SSSR count). The third-order valence-corrected chi connectivity index (χ3v) is 3.68. The molecule has 122 valence electrons. The summed E-state index contributed by atoms with van der Waals surface area (Å²) in [5.41, 5.74) is 2.78. The molecule has 0 fully saturated rings. The highest BCUT2D eigenvalue weighted by Crippen LogP contribution is 2.21. The topological polar surface area (TPSA) is 65.2 Å². The first-order chi connectivity index (χ1) is 11.7. The minimum atomic E-state index is 0.178. The fourth-order valence-electron chi connectivity index (χ4n) is 2.24. The zero-order valence-electron chi connectivity index (χ0n) is 13.6. The van der Waals surface area contributed by atoms with Crippen molar-refractivity contribution in [3.05, 3.63) is 65.5 Å². The molecule has 2 aromatic carbocycles. The van der Waals surface area contributed by atoms with Crippen LogP contribution in [0.5, 0.6) is 5.75 Å². The predicted molar refractivity (Wildman–Crippen MR) is 90.0 cm³/mol. The van der Waals surface area contributed by atoms with Crippen molar-refractivity contribution in [2.45, 2.75) is 26.4 Å². The predicted octanol–water partition coefficient (Wildman–Crippen LogP) is 4.25. The fourth-order valence-corrected chi connectivity index (χ4v) is 2.24. The summed E-state index contributed by atoms with van der Waals surface area (Å²) in [6, 6.07) is 15.0. The number of aromatic nitrogens is 2. The van der Waals surface area contributed by atoms with Crippen molar-refractivity contribution in [2.24, 2.45) is 0 Å². The molecule has 0 amide bonds. The van der Waals surface area contributed by atoms with Gasteiger partial charge in [0.15, 0.2) is 6.61 Å². The van der Waals surface area contributed by atoms with Crippen LogP contribution in [0.1, 0.15) is 41.6 Å². The van der Waals surface area contributed by atoms with E-state index >= 15 is 0 Å². The highest BCUT2D eigenvalue weighted by atomic mass is 16.5.